The molecule has 0 aliphatic rings. The minimum absolute atomic E-state index is 0.106. The molecule has 4 aromatic carbocycles. The molecular formula is C28H19BrN2O4S. The predicted octanol–water partition coefficient (Wildman–Crippen LogP) is 6.51. The van der Waals surface area contributed by atoms with E-state index in [9.17, 15) is 9.59 Å². The van der Waals surface area contributed by atoms with Crippen molar-refractivity contribution >= 4 is 66.6 Å². The van der Waals surface area contributed by atoms with Crippen molar-refractivity contribution in [1.82, 2.24) is 5.32 Å². The maximum absolute atomic E-state index is 13.1. The number of methoxy groups -OCH3 is 1. The highest BCUT2D eigenvalue weighted by Crippen LogP contribution is 2.36. The van der Waals surface area contributed by atoms with Crippen LogP contribution in [-0.2, 0) is 0 Å². The lowest BCUT2D eigenvalue weighted by Crippen LogP contribution is -2.34. The number of carbonyl (C=O) groups is 1. The molecule has 0 saturated heterocycles. The third-order valence-corrected chi connectivity index (χ3v) is 6.68. The topological polar surface area (TPSA) is 80.6 Å². The van der Waals surface area contributed by atoms with E-state index in [0.717, 1.165) is 16.2 Å². The molecule has 6 nitrogen and oxygen atoms in total. The van der Waals surface area contributed by atoms with Gasteiger partial charge < -0.3 is 14.5 Å². The molecule has 5 aromatic rings. The number of hydrogen-bond acceptors (Lipinski definition) is 5. The van der Waals surface area contributed by atoms with Crippen molar-refractivity contribution in [2.24, 2.45) is 0 Å². The largest absolute Gasteiger partial charge is 0.495 e. The number of carbonyl (C=O) groups excluding carboxylic acids is 1. The standard InChI is InChI=1S/C28H19BrN2O4S/c1-34-25-22(14-17-7-2-4-11-20(17)24(25)29)26(32)31-28(36)30-19-10-6-9-16(13-19)21-15-18-8-3-5-12-23(18)35-27(21)33/h2-15H,1H3,(H2,30,31,32,36). The van der Waals surface area contributed by atoms with E-state index < -0.39 is 11.5 Å². The summed E-state index contributed by atoms with van der Waals surface area (Å²) in [4.78, 5) is 25.7. The van der Waals surface area contributed by atoms with Crippen molar-refractivity contribution in [3.8, 4) is 16.9 Å². The second kappa shape index (κ2) is 9.93. The number of para-hydroxylation sites is 1. The minimum Gasteiger partial charge on any atom is -0.495 e. The van der Waals surface area contributed by atoms with Gasteiger partial charge in [-0.15, -0.1) is 0 Å². The lowest BCUT2D eigenvalue weighted by molar-refractivity contribution is 0.0975. The number of fused-ring (bicyclic) bond motifs is 2. The summed E-state index contributed by atoms with van der Waals surface area (Å²) in [7, 11) is 1.51. The van der Waals surface area contributed by atoms with Crippen molar-refractivity contribution in [2.45, 2.75) is 0 Å². The summed E-state index contributed by atoms with van der Waals surface area (Å²) in [6.07, 6.45) is 0. The molecule has 0 spiro atoms. The number of anilines is 1. The van der Waals surface area contributed by atoms with Gasteiger partial charge in [0.1, 0.15) is 11.3 Å². The normalized spacial score (nSPS) is 10.8. The lowest BCUT2D eigenvalue weighted by atomic mass is 10.1. The molecule has 0 saturated carbocycles. The quantitative estimate of drug-likeness (QED) is 0.193. The van der Waals surface area contributed by atoms with E-state index in [1.54, 1.807) is 36.4 Å². The van der Waals surface area contributed by atoms with Crippen LogP contribution in [0.15, 0.2) is 98.6 Å². The molecule has 1 amide bonds. The summed E-state index contributed by atoms with van der Waals surface area (Å²) in [5, 5.41) is 8.47. The van der Waals surface area contributed by atoms with E-state index in [4.69, 9.17) is 21.4 Å². The Balaban J connectivity index is 1.38. The van der Waals surface area contributed by atoms with Gasteiger partial charge in [0.25, 0.3) is 5.91 Å². The molecule has 1 heterocycles. The first-order valence-electron chi connectivity index (χ1n) is 11.0. The average Bonchev–Trinajstić information content (AvgIpc) is 2.88. The molecule has 178 valence electrons. The van der Waals surface area contributed by atoms with E-state index in [1.165, 1.54) is 7.11 Å². The molecule has 0 radical (unpaired) electrons. The molecule has 8 heteroatoms. The maximum atomic E-state index is 13.1. The summed E-state index contributed by atoms with van der Waals surface area (Å²) in [5.74, 6) is 0.00107. The van der Waals surface area contributed by atoms with Crippen LogP contribution in [0.25, 0.3) is 32.9 Å². The number of amides is 1. The van der Waals surface area contributed by atoms with Gasteiger partial charge in [0.15, 0.2) is 5.11 Å². The first kappa shape index (κ1) is 23.7. The van der Waals surface area contributed by atoms with E-state index in [-0.39, 0.29) is 5.11 Å². The second-order valence-corrected chi connectivity index (χ2v) is 9.17. The summed E-state index contributed by atoms with van der Waals surface area (Å²) in [6.45, 7) is 0. The summed E-state index contributed by atoms with van der Waals surface area (Å²) in [5.41, 5.74) is 2.13. The molecule has 0 aliphatic heterocycles. The van der Waals surface area contributed by atoms with E-state index >= 15 is 0 Å². The number of hydrogen-bond donors (Lipinski definition) is 2. The molecule has 2 N–H and O–H groups in total. The number of thiocarbonyl (C=S) groups is 1. The van der Waals surface area contributed by atoms with Crippen molar-refractivity contribution in [1.29, 1.82) is 0 Å². The fraction of sp³-hybridized carbons (Fsp3) is 0.0357. The Morgan fingerprint density at radius 1 is 0.944 bits per heavy atom. The highest BCUT2D eigenvalue weighted by molar-refractivity contribution is 9.10. The van der Waals surface area contributed by atoms with Gasteiger partial charge in [-0.05, 0) is 74.8 Å². The molecule has 0 bridgehead atoms. The van der Waals surface area contributed by atoms with Crippen LogP contribution in [-0.4, -0.2) is 18.1 Å². The van der Waals surface area contributed by atoms with Crippen LogP contribution >= 0.6 is 28.1 Å². The van der Waals surface area contributed by atoms with Crippen LogP contribution in [0.5, 0.6) is 5.75 Å². The predicted molar refractivity (Wildman–Crippen MR) is 150 cm³/mol. The number of nitrogens with one attached hydrogen (secondary N) is 2. The molecule has 5 rings (SSSR count). The fourth-order valence-electron chi connectivity index (χ4n) is 4.01. The third kappa shape index (κ3) is 4.60. The second-order valence-electron chi connectivity index (χ2n) is 7.97. The Bertz CT molecular complexity index is 1710. The van der Waals surface area contributed by atoms with Crippen molar-refractivity contribution in [3.05, 3.63) is 105 Å². The first-order chi connectivity index (χ1) is 17.4. The maximum Gasteiger partial charge on any atom is 0.344 e. The van der Waals surface area contributed by atoms with Gasteiger partial charge in [0.05, 0.1) is 22.7 Å². The van der Waals surface area contributed by atoms with Crippen LogP contribution in [0, 0.1) is 0 Å². The Hall–Kier alpha value is -4.01. The average molecular weight is 559 g/mol. The number of halogens is 1. The van der Waals surface area contributed by atoms with Gasteiger partial charge in [-0.25, -0.2) is 4.79 Å². The molecule has 0 unspecified atom stereocenters. The van der Waals surface area contributed by atoms with E-state index in [1.807, 2.05) is 48.5 Å². The van der Waals surface area contributed by atoms with Crippen molar-refractivity contribution in [2.75, 3.05) is 12.4 Å². The van der Waals surface area contributed by atoms with Crippen LogP contribution in [0.4, 0.5) is 5.69 Å². The Kier molecular flexibility index (Phi) is 6.54. The third-order valence-electron chi connectivity index (χ3n) is 5.69. The van der Waals surface area contributed by atoms with Crippen LogP contribution in [0.3, 0.4) is 0 Å². The Morgan fingerprint density at radius 2 is 1.69 bits per heavy atom. The van der Waals surface area contributed by atoms with Crippen LogP contribution < -0.4 is 21.0 Å². The van der Waals surface area contributed by atoms with Crippen molar-refractivity contribution in [3.63, 3.8) is 0 Å². The molecule has 0 fully saturated rings. The van der Waals surface area contributed by atoms with Gasteiger partial charge in [0.2, 0.25) is 0 Å². The molecule has 36 heavy (non-hydrogen) atoms. The van der Waals surface area contributed by atoms with Gasteiger partial charge in [-0.3, -0.25) is 10.1 Å². The molecular weight excluding hydrogens is 540 g/mol. The van der Waals surface area contributed by atoms with Crippen LogP contribution in [0.1, 0.15) is 10.4 Å². The van der Waals surface area contributed by atoms with E-state index in [2.05, 4.69) is 26.6 Å². The number of benzene rings is 4. The highest BCUT2D eigenvalue weighted by Gasteiger charge is 2.19. The van der Waals surface area contributed by atoms with E-state index in [0.29, 0.717) is 38.2 Å². The zero-order chi connectivity index (χ0) is 25.2. The zero-order valence-corrected chi connectivity index (χ0v) is 21.4. The van der Waals surface area contributed by atoms with Crippen molar-refractivity contribution < 1.29 is 13.9 Å². The summed E-state index contributed by atoms with van der Waals surface area (Å²) < 4.78 is 11.6. The van der Waals surface area contributed by atoms with Gasteiger partial charge in [0, 0.05) is 11.1 Å². The molecule has 1 aromatic heterocycles. The highest BCUT2D eigenvalue weighted by atomic mass is 79.9. The summed E-state index contributed by atoms with van der Waals surface area (Å²) >= 11 is 8.94. The fourth-order valence-corrected chi connectivity index (χ4v) is 4.96. The number of ether oxygens (including phenoxy) is 1. The van der Waals surface area contributed by atoms with Gasteiger partial charge >= 0.3 is 5.63 Å². The Morgan fingerprint density at radius 3 is 2.50 bits per heavy atom. The summed E-state index contributed by atoms with van der Waals surface area (Å²) in [6, 6.07) is 25.7. The molecule has 0 aliphatic carbocycles. The number of rotatable bonds is 4. The van der Waals surface area contributed by atoms with Gasteiger partial charge in [-0.2, -0.15) is 0 Å². The zero-order valence-electron chi connectivity index (χ0n) is 19.0. The van der Waals surface area contributed by atoms with Crippen LogP contribution in [0.2, 0.25) is 0 Å². The first-order valence-corrected chi connectivity index (χ1v) is 12.2. The van der Waals surface area contributed by atoms with Gasteiger partial charge in [-0.1, -0.05) is 54.6 Å². The SMILES string of the molecule is COc1c(C(=O)NC(=S)Nc2cccc(-c3cc4ccccc4oc3=O)c2)cc2ccccc2c1Br. The molecule has 0 atom stereocenters. The smallest absolute Gasteiger partial charge is 0.344 e. The Labute approximate surface area is 220 Å². The monoisotopic (exact) mass is 558 g/mol. The minimum atomic E-state index is -0.435. The lowest BCUT2D eigenvalue weighted by Gasteiger charge is -2.15.